The van der Waals surface area contributed by atoms with Gasteiger partial charge in [-0.05, 0) is 19.3 Å². The van der Waals surface area contributed by atoms with Gasteiger partial charge in [0.1, 0.15) is 0 Å². The lowest BCUT2D eigenvalue weighted by atomic mass is 9.87. The lowest BCUT2D eigenvalue weighted by Gasteiger charge is -2.23. The second kappa shape index (κ2) is 10.4. The molecule has 1 N–H and O–H groups in total. The summed E-state index contributed by atoms with van der Waals surface area (Å²) in [4.78, 5) is 16.3. The Morgan fingerprint density at radius 2 is 2.14 bits per heavy atom. The topological polar surface area (TPSA) is 64.3 Å². The predicted octanol–water partition coefficient (Wildman–Crippen LogP) is 2.72. The summed E-state index contributed by atoms with van der Waals surface area (Å²) in [6.45, 7) is 4.59. The van der Waals surface area contributed by atoms with Crippen molar-refractivity contribution in [2.24, 2.45) is 18.9 Å². The van der Waals surface area contributed by atoms with Crippen LogP contribution in [0.15, 0.2) is 12.5 Å². The van der Waals surface area contributed by atoms with E-state index in [-0.39, 0.29) is 24.4 Å². The number of aromatic nitrogens is 2. The number of aliphatic hydroxyl groups is 1. The highest BCUT2D eigenvalue weighted by Crippen LogP contribution is 2.22. The van der Waals surface area contributed by atoms with Crippen molar-refractivity contribution in [1.29, 1.82) is 0 Å². The zero-order valence-electron chi connectivity index (χ0n) is 14.1. The molecule has 5 nitrogen and oxygen atoms in total. The zero-order valence-corrected chi connectivity index (χ0v) is 14.1. The molecule has 0 fully saturated rings. The summed E-state index contributed by atoms with van der Waals surface area (Å²) in [5, 5.41) is 9.67. The quantitative estimate of drug-likeness (QED) is 0.504. The van der Waals surface area contributed by atoms with Crippen molar-refractivity contribution >= 4 is 5.97 Å². The normalized spacial score (nSPS) is 13.8. The minimum absolute atomic E-state index is 0.0192. The Bertz CT molecular complexity index is 431. The SMILES string of the molecule is CCCCCCOC(=O)C(CC)C(CO)Cc1cncn1C. The Balaban J connectivity index is 2.51. The number of imidazole rings is 1. The van der Waals surface area contributed by atoms with E-state index in [0.29, 0.717) is 19.4 Å². The van der Waals surface area contributed by atoms with Crippen LogP contribution in [0.2, 0.25) is 0 Å². The van der Waals surface area contributed by atoms with Crippen LogP contribution in [0.4, 0.5) is 0 Å². The average molecular weight is 310 g/mol. The monoisotopic (exact) mass is 310 g/mol. The third kappa shape index (κ3) is 5.79. The number of carbonyl (C=O) groups excluding carboxylic acids is 1. The molecule has 1 heterocycles. The first-order chi connectivity index (χ1) is 10.6. The third-order valence-electron chi connectivity index (χ3n) is 4.18. The minimum Gasteiger partial charge on any atom is -0.465 e. The number of rotatable bonds is 11. The summed E-state index contributed by atoms with van der Waals surface area (Å²) >= 11 is 0. The maximum Gasteiger partial charge on any atom is 0.309 e. The minimum atomic E-state index is -0.258. The fourth-order valence-corrected chi connectivity index (χ4v) is 2.69. The van der Waals surface area contributed by atoms with Gasteiger partial charge in [-0.15, -0.1) is 0 Å². The highest BCUT2D eigenvalue weighted by Gasteiger charge is 2.28. The maximum atomic E-state index is 12.3. The molecule has 126 valence electrons. The van der Waals surface area contributed by atoms with Crippen LogP contribution in [-0.4, -0.2) is 33.8 Å². The fraction of sp³-hybridized carbons (Fsp3) is 0.765. The van der Waals surface area contributed by atoms with E-state index >= 15 is 0 Å². The Morgan fingerprint density at radius 3 is 2.68 bits per heavy atom. The highest BCUT2D eigenvalue weighted by molar-refractivity contribution is 5.72. The molecule has 1 aromatic heterocycles. The number of aliphatic hydroxyl groups excluding tert-OH is 1. The summed E-state index contributed by atoms with van der Waals surface area (Å²) in [5.41, 5.74) is 1.02. The summed E-state index contributed by atoms with van der Waals surface area (Å²) in [7, 11) is 1.92. The molecule has 0 aromatic carbocycles. The first-order valence-electron chi connectivity index (χ1n) is 8.36. The standard InChI is InChI=1S/C17H30N2O3/c1-4-6-7-8-9-22-17(21)16(5-2)14(12-20)10-15-11-18-13-19(15)3/h11,13-14,16,20H,4-10,12H2,1-3H3. The van der Waals surface area contributed by atoms with E-state index in [4.69, 9.17) is 4.74 Å². The summed E-state index contributed by atoms with van der Waals surface area (Å²) < 4.78 is 7.32. The molecule has 1 rings (SSSR count). The van der Waals surface area contributed by atoms with Gasteiger partial charge in [-0.1, -0.05) is 33.1 Å². The molecule has 0 aliphatic carbocycles. The Labute approximate surface area is 133 Å². The van der Waals surface area contributed by atoms with E-state index in [2.05, 4.69) is 11.9 Å². The molecule has 0 saturated carbocycles. The number of aryl methyl sites for hydroxylation is 1. The van der Waals surface area contributed by atoms with Gasteiger partial charge >= 0.3 is 5.97 Å². The average Bonchev–Trinajstić information content (AvgIpc) is 2.91. The summed E-state index contributed by atoms with van der Waals surface area (Å²) in [5.74, 6) is -0.560. The van der Waals surface area contributed by atoms with Crippen LogP contribution in [0.25, 0.3) is 0 Å². The van der Waals surface area contributed by atoms with Crippen LogP contribution in [-0.2, 0) is 23.0 Å². The second-order valence-corrected chi connectivity index (χ2v) is 5.89. The van der Waals surface area contributed by atoms with Gasteiger partial charge < -0.3 is 14.4 Å². The van der Waals surface area contributed by atoms with E-state index in [1.165, 1.54) is 12.8 Å². The van der Waals surface area contributed by atoms with Gasteiger partial charge in [-0.25, -0.2) is 4.98 Å². The van der Waals surface area contributed by atoms with Gasteiger partial charge in [0.15, 0.2) is 0 Å². The number of hydrogen-bond acceptors (Lipinski definition) is 4. The first-order valence-corrected chi connectivity index (χ1v) is 8.36. The van der Waals surface area contributed by atoms with Crippen molar-refractivity contribution in [3.05, 3.63) is 18.2 Å². The van der Waals surface area contributed by atoms with Crippen molar-refractivity contribution in [2.75, 3.05) is 13.2 Å². The molecular weight excluding hydrogens is 280 g/mol. The largest absolute Gasteiger partial charge is 0.465 e. The molecule has 1 aromatic rings. The molecular formula is C17H30N2O3. The van der Waals surface area contributed by atoms with Gasteiger partial charge in [0.25, 0.3) is 0 Å². The molecule has 2 unspecified atom stereocenters. The van der Waals surface area contributed by atoms with Crippen molar-refractivity contribution in [3.8, 4) is 0 Å². The first kappa shape index (κ1) is 18.7. The molecule has 0 radical (unpaired) electrons. The summed E-state index contributed by atoms with van der Waals surface area (Å²) in [6.07, 6.45) is 9.19. The number of hydrogen-bond donors (Lipinski definition) is 1. The van der Waals surface area contributed by atoms with Gasteiger partial charge in [0, 0.05) is 31.5 Å². The third-order valence-corrected chi connectivity index (χ3v) is 4.18. The van der Waals surface area contributed by atoms with E-state index in [1.807, 2.05) is 18.5 Å². The number of carbonyl (C=O) groups is 1. The van der Waals surface area contributed by atoms with Crippen LogP contribution >= 0.6 is 0 Å². The maximum absolute atomic E-state index is 12.3. The number of esters is 1. The van der Waals surface area contributed by atoms with Crippen LogP contribution in [0, 0.1) is 11.8 Å². The Morgan fingerprint density at radius 1 is 1.36 bits per heavy atom. The second-order valence-electron chi connectivity index (χ2n) is 5.89. The lowest BCUT2D eigenvalue weighted by molar-refractivity contribution is -0.151. The molecule has 0 aliphatic heterocycles. The van der Waals surface area contributed by atoms with Crippen LogP contribution in [0.3, 0.4) is 0 Å². The Hall–Kier alpha value is -1.36. The van der Waals surface area contributed by atoms with Crippen LogP contribution < -0.4 is 0 Å². The van der Waals surface area contributed by atoms with E-state index in [0.717, 1.165) is 18.5 Å². The van der Waals surface area contributed by atoms with Crippen molar-refractivity contribution in [3.63, 3.8) is 0 Å². The molecule has 0 spiro atoms. The van der Waals surface area contributed by atoms with E-state index in [9.17, 15) is 9.90 Å². The van der Waals surface area contributed by atoms with E-state index in [1.54, 1.807) is 12.5 Å². The van der Waals surface area contributed by atoms with Crippen LogP contribution in [0.5, 0.6) is 0 Å². The fourth-order valence-electron chi connectivity index (χ4n) is 2.69. The molecule has 0 bridgehead atoms. The van der Waals surface area contributed by atoms with Gasteiger partial charge in [0.05, 0.1) is 18.9 Å². The predicted molar refractivity (Wildman–Crippen MR) is 86.4 cm³/mol. The summed E-state index contributed by atoms with van der Waals surface area (Å²) in [6, 6.07) is 0. The van der Waals surface area contributed by atoms with Crippen molar-refractivity contribution < 1.29 is 14.6 Å². The van der Waals surface area contributed by atoms with Gasteiger partial charge in [-0.3, -0.25) is 4.79 Å². The van der Waals surface area contributed by atoms with Crippen LogP contribution in [0.1, 0.15) is 51.6 Å². The molecule has 5 heteroatoms. The molecule has 0 saturated heterocycles. The van der Waals surface area contributed by atoms with Crippen molar-refractivity contribution in [1.82, 2.24) is 9.55 Å². The zero-order chi connectivity index (χ0) is 16.4. The number of unbranched alkanes of at least 4 members (excludes halogenated alkanes) is 3. The molecule has 2 atom stereocenters. The van der Waals surface area contributed by atoms with Gasteiger partial charge in [0.2, 0.25) is 0 Å². The molecule has 0 amide bonds. The van der Waals surface area contributed by atoms with E-state index < -0.39 is 0 Å². The Kier molecular flexibility index (Phi) is 8.82. The molecule has 0 aliphatic rings. The smallest absolute Gasteiger partial charge is 0.309 e. The number of nitrogens with zero attached hydrogens (tertiary/aromatic N) is 2. The van der Waals surface area contributed by atoms with Gasteiger partial charge in [-0.2, -0.15) is 0 Å². The lowest BCUT2D eigenvalue weighted by Crippen LogP contribution is -2.30. The van der Waals surface area contributed by atoms with Crippen molar-refractivity contribution in [2.45, 2.75) is 52.4 Å². The molecule has 22 heavy (non-hydrogen) atoms. The number of ether oxygens (including phenoxy) is 1. The highest BCUT2D eigenvalue weighted by atomic mass is 16.5.